The Bertz CT molecular complexity index is 579. The van der Waals surface area contributed by atoms with E-state index < -0.39 is 0 Å². The Morgan fingerprint density at radius 3 is 2.75 bits per heavy atom. The van der Waals surface area contributed by atoms with Gasteiger partial charge in [-0.05, 0) is 44.6 Å². The highest BCUT2D eigenvalue weighted by molar-refractivity contribution is 7.13. The summed E-state index contributed by atoms with van der Waals surface area (Å²) in [6.45, 7) is 3.33. The average Bonchev–Trinajstić information content (AvgIpc) is 2.91. The highest BCUT2D eigenvalue weighted by Crippen LogP contribution is 2.23. The Labute approximate surface area is 123 Å². The molecule has 0 spiro atoms. The largest absolute Gasteiger partial charge is 0.351 e. The summed E-state index contributed by atoms with van der Waals surface area (Å²) in [6, 6.07) is 7.78. The van der Waals surface area contributed by atoms with E-state index in [0.29, 0.717) is 12.1 Å². The molecule has 0 saturated carbocycles. The molecular weight excluding hydrogens is 270 g/mol. The smallest absolute Gasteiger partial charge is 0.253 e. The summed E-state index contributed by atoms with van der Waals surface area (Å²) in [5, 5.41) is 4.93. The Kier molecular flexibility index (Phi) is 4.87. The molecule has 2 heterocycles. The molecule has 0 unspecified atom stereocenters. The Morgan fingerprint density at radius 2 is 2.15 bits per heavy atom. The number of carbonyl (C=O) groups is 1. The van der Waals surface area contributed by atoms with Gasteiger partial charge in [-0.15, -0.1) is 11.3 Å². The van der Waals surface area contributed by atoms with Crippen LogP contribution in [0.4, 0.5) is 0 Å². The highest BCUT2D eigenvalue weighted by atomic mass is 32.1. The number of pyridine rings is 1. The number of nitrogens with one attached hydrogen (secondary N) is 1. The van der Waals surface area contributed by atoms with E-state index in [1.807, 2.05) is 55.6 Å². The summed E-state index contributed by atoms with van der Waals surface area (Å²) in [6.07, 6.45) is 0. The standard InChI is InChI=1S/C15H19N3OS/c1-11-12(15(19)16-8-9-18(2)3)6-7-13(17-11)14-5-4-10-20-14/h4-7,10H,8-9H2,1-3H3,(H,16,19). The molecule has 20 heavy (non-hydrogen) atoms. The number of likely N-dealkylation sites (N-methyl/N-ethyl adjacent to an activating group) is 1. The second-order valence-electron chi connectivity index (χ2n) is 4.87. The predicted octanol–water partition coefficient (Wildman–Crippen LogP) is 2.41. The van der Waals surface area contributed by atoms with Crippen LogP contribution in [-0.4, -0.2) is 43.0 Å². The summed E-state index contributed by atoms with van der Waals surface area (Å²) < 4.78 is 0. The SMILES string of the molecule is Cc1nc(-c2cccs2)ccc1C(=O)NCCN(C)C. The molecule has 106 valence electrons. The molecule has 0 aliphatic heterocycles. The average molecular weight is 289 g/mol. The van der Waals surface area contributed by atoms with Crippen molar-refractivity contribution in [3.8, 4) is 10.6 Å². The molecular formula is C15H19N3OS. The van der Waals surface area contributed by atoms with Gasteiger partial charge >= 0.3 is 0 Å². The number of aryl methyl sites for hydroxylation is 1. The molecule has 0 saturated heterocycles. The number of nitrogens with zero attached hydrogens (tertiary/aromatic N) is 2. The first-order chi connectivity index (χ1) is 9.58. The number of hydrogen-bond acceptors (Lipinski definition) is 4. The van der Waals surface area contributed by atoms with E-state index in [4.69, 9.17) is 0 Å². The lowest BCUT2D eigenvalue weighted by atomic mass is 10.1. The van der Waals surface area contributed by atoms with Gasteiger partial charge in [0, 0.05) is 13.1 Å². The monoisotopic (exact) mass is 289 g/mol. The van der Waals surface area contributed by atoms with Gasteiger partial charge in [0.05, 0.1) is 21.8 Å². The van der Waals surface area contributed by atoms with E-state index in [-0.39, 0.29) is 5.91 Å². The van der Waals surface area contributed by atoms with Crippen LogP contribution in [0.5, 0.6) is 0 Å². The van der Waals surface area contributed by atoms with Gasteiger partial charge in [0.25, 0.3) is 5.91 Å². The fourth-order valence-corrected chi connectivity index (χ4v) is 2.55. The maximum Gasteiger partial charge on any atom is 0.253 e. The maximum atomic E-state index is 12.1. The van der Waals surface area contributed by atoms with Crippen LogP contribution in [0.15, 0.2) is 29.6 Å². The van der Waals surface area contributed by atoms with Crippen LogP contribution in [0.25, 0.3) is 10.6 Å². The van der Waals surface area contributed by atoms with E-state index >= 15 is 0 Å². The second kappa shape index (κ2) is 6.63. The minimum Gasteiger partial charge on any atom is -0.351 e. The third kappa shape index (κ3) is 3.65. The van der Waals surface area contributed by atoms with Crippen molar-refractivity contribution in [2.45, 2.75) is 6.92 Å². The zero-order valence-corrected chi connectivity index (χ0v) is 12.8. The van der Waals surface area contributed by atoms with E-state index in [1.54, 1.807) is 11.3 Å². The van der Waals surface area contributed by atoms with E-state index in [0.717, 1.165) is 22.8 Å². The number of hydrogen-bond donors (Lipinski definition) is 1. The quantitative estimate of drug-likeness (QED) is 0.919. The fraction of sp³-hybridized carbons (Fsp3) is 0.333. The van der Waals surface area contributed by atoms with Crippen molar-refractivity contribution in [3.63, 3.8) is 0 Å². The van der Waals surface area contributed by atoms with Gasteiger partial charge in [-0.3, -0.25) is 9.78 Å². The Morgan fingerprint density at radius 1 is 1.35 bits per heavy atom. The predicted molar refractivity (Wildman–Crippen MR) is 83.2 cm³/mol. The van der Waals surface area contributed by atoms with Crippen molar-refractivity contribution in [1.29, 1.82) is 0 Å². The van der Waals surface area contributed by atoms with Crippen molar-refractivity contribution >= 4 is 17.2 Å². The summed E-state index contributed by atoms with van der Waals surface area (Å²) in [7, 11) is 3.96. The van der Waals surface area contributed by atoms with E-state index in [1.165, 1.54) is 0 Å². The van der Waals surface area contributed by atoms with Gasteiger partial charge in [-0.2, -0.15) is 0 Å². The molecule has 0 radical (unpaired) electrons. The molecule has 0 fully saturated rings. The van der Waals surface area contributed by atoms with Gasteiger partial charge in [0.2, 0.25) is 0 Å². The number of aromatic nitrogens is 1. The minimum atomic E-state index is -0.0606. The van der Waals surface area contributed by atoms with Gasteiger partial charge in [-0.25, -0.2) is 0 Å². The maximum absolute atomic E-state index is 12.1. The van der Waals surface area contributed by atoms with Crippen LogP contribution >= 0.6 is 11.3 Å². The third-order valence-electron chi connectivity index (χ3n) is 2.95. The topological polar surface area (TPSA) is 45.2 Å². The number of rotatable bonds is 5. The fourth-order valence-electron chi connectivity index (χ4n) is 1.85. The van der Waals surface area contributed by atoms with Crippen LogP contribution in [-0.2, 0) is 0 Å². The lowest BCUT2D eigenvalue weighted by Gasteiger charge is -2.11. The lowest BCUT2D eigenvalue weighted by Crippen LogP contribution is -2.31. The molecule has 2 aromatic rings. The molecule has 5 heteroatoms. The van der Waals surface area contributed by atoms with Crippen molar-refractivity contribution in [2.24, 2.45) is 0 Å². The normalized spacial score (nSPS) is 10.8. The Hall–Kier alpha value is -1.72. The summed E-state index contributed by atoms with van der Waals surface area (Å²) >= 11 is 1.65. The summed E-state index contributed by atoms with van der Waals surface area (Å²) in [4.78, 5) is 19.7. The van der Waals surface area contributed by atoms with Crippen LogP contribution in [0, 0.1) is 6.92 Å². The second-order valence-corrected chi connectivity index (χ2v) is 5.81. The van der Waals surface area contributed by atoms with Crippen LogP contribution in [0.1, 0.15) is 16.1 Å². The molecule has 0 bridgehead atoms. The molecule has 0 aliphatic carbocycles. The Balaban J connectivity index is 2.08. The number of amides is 1. The molecule has 2 rings (SSSR count). The van der Waals surface area contributed by atoms with Crippen LogP contribution < -0.4 is 5.32 Å². The first-order valence-electron chi connectivity index (χ1n) is 6.52. The number of thiophene rings is 1. The van der Waals surface area contributed by atoms with Crippen molar-refractivity contribution in [3.05, 3.63) is 40.9 Å². The zero-order chi connectivity index (χ0) is 14.5. The van der Waals surface area contributed by atoms with Crippen molar-refractivity contribution < 1.29 is 4.79 Å². The first kappa shape index (κ1) is 14.7. The molecule has 1 amide bonds. The zero-order valence-electron chi connectivity index (χ0n) is 12.0. The van der Waals surface area contributed by atoms with Crippen LogP contribution in [0.3, 0.4) is 0 Å². The molecule has 0 aromatic carbocycles. The van der Waals surface area contributed by atoms with Gasteiger partial charge in [0.1, 0.15) is 0 Å². The summed E-state index contributed by atoms with van der Waals surface area (Å²) in [5.41, 5.74) is 2.32. The molecule has 0 aliphatic rings. The van der Waals surface area contributed by atoms with E-state index in [9.17, 15) is 4.79 Å². The minimum absolute atomic E-state index is 0.0606. The van der Waals surface area contributed by atoms with Gasteiger partial charge < -0.3 is 10.2 Å². The van der Waals surface area contributed by atoms with Crippen molar-refractivity contribution in [2.75, 3.05) is 27.2 Å². The molecule has 2 aromatic heterocycles. The molecule has 4 nitrogen and oxygen atoms in total. The van der Waals surface area contributed by atoms with Crippen molar-refractivity contribution in [1.82, 2.24) is 15.2 Å². The molecule has 0 atom stereocenters. The first-order valence-corrected chi connectivity index (χ1v) is 7.40. The summed E-state index contributed by atoms with van der Waals surface area (Å²) in [5.74, 6) is -0.0606. The third-order valence-corrected chi connectivity index (χ3v) is 3.84. The molecule has 1 N–H and O–H groups in total. The van der Waals surface area contributed by atoms with E-state index in [2.05, 4.69) is 10.3 Å². The highest BCUT2D eigenvalue weighted by Gasteiger charge is 2.11. The lowest BCUT2D eigenvalue weighted by molar-refractivity contribution is 0.0950. The van der Waals surface area contributed by atoms with Crippen LogP contribution in [0.2, 0.25) is 0 Å². The number of carbonyl (C=O) groups excluding carboxylic acids is 1. The van der Waals surface area contributed by atoms with Gasteiger partial charge in [0.15, 0.2) is 0 Å². The van der Waals surface area contributed by atoms with Gasteiger partial charge in [-0.1, -0.05) is 6.07 Å².